The maximum Gasteiger partial charge on any atom is 0.307 e. The maximum atomic E-state index is 13.7. The molecule has 2 aromatic carbocycles. The summed E-state index contributed by atoms with van der Waals surface area (Å²) >= 11 is 0. The number of halogens is 1. The van der Waals surface area contributed by atoms with Crippen molar-refractivity contribution in [2.75, 3.05) is 13.7 Å². The molecule has 0 spiro atoms. The fourth-order valence-corrected chi connectivity index (χ4v) is 3.13. The van der Waals surface area contributed by atoms with Gasteiger partial charge >= 0.3 is 11.9 Å². The number of hydrogen-bond acceptors (Lipinski definition) is 5. The van der Waals surface area contributed by atoms with Crippen LogP contribution in [0.3, 0.4) is 0 Å². The zero-order valence-electron chi connectivity index (χ0n) is 17.5. The average molecular weight is 431 g/mol. The van der Waals surface area contributed by atoms with Crippen LogP contribution >= 0.6 is 0 Å². The molecule has 0 aromatic heterocycles. The van der Waals surface area contributed by atoms with Crippen LogP contribution in [0.1, 0.15) is 31.7 Å². The van der Waals surface area contributed by atoms with Crippen LogP contribution in [0, 0.1) is 5.82 Å². The summed E-state index contributed by atoms with van der Waals surface area (Å²) in [6.45, 7) is 1.92. The molecule has 1 atom stereocenters. The van der Waals surface area contributed by atoms with Crippen molar-refractivity contribution in [2.45, 2.75) is 38.6 Å². The van der Waals surface area contributed by atoms with E-state index in [2.05, 4.69) is 5.32 Å². The van der Waals surface area contributed by atoms with E-state index in [-0.39, 0.29) is 31.7 Å². The molecule has 8 heteroatoms. The molecule has 0 radical (unpaired) electrons. The van der Waals surface area contributed by atoms with Gasteiger partial charge in [0.25, 0.3) is 0 Å². The van der Waals surface area contributed by atoms with Gasteiger partial charge in [-0.05, 0) is 42.7 Å². The molecule has 1 amide bonds. The van der Waals surface area contributed by atoms with Gasteiger partial charge in [0.1, 0.15) is 11.6 Å². The summed E-state index contributed by atoms with van der Waals surface area (Å²) in [7, 11) is 1.51. The number of carboxylic acids is 1. The van der Waals surface area contributed by atoms with Crippen molar-refractivity contribution in [1.82, 2.24) is 5.32 Å². The highest BCUT2D eigenvalue weighted by atomic mass is 19.1. The number of methoxy groups -OCH3 is 1. The summed E-state index contributed by atoms with van der Waals surface area (Å²) in [5.74, 6) is -1.80. The number of carbonyl (C=O) groups excluding carboxylic acids is 2. The van der Waals surface area contributed by atoms with Gasteiger partial charge in [0.15, 0.2) is 0 Å². The van der Waals surface area contributed by atoms with Crippen molar-refractivity contribution in [3.05, 3.63) is 53.8 Å². The van der Waals surface area contributed by atoms with Crippen LogP contribution in [0.5, 0.6) is 5.75 Å². The molecule has 2 aromatic rings. The van der Waals surface area contributed by atoms with Crippen molar-refractivity contribution < 1.29 is 33.4 Å². The maximum absolute atomic E-state index is 13.7. The third-order valence-corrected chi connectivity index (χ3v) is 4.56. The van der Waals surface area contributed by atoms with E-state index in [1.54, 1.807) is 25.1 Å². The SMILES string of the molecule is CCOC(=O)CC(Cc1ccc(-c2cc(F)ccc2OC)cc1)NC(=O)CCC(=O)O. The zero-order valence-corrected chi connectivity index (χ0v) is 17.5. The van der Waals surface area contributed by atoms with E-state index in [1.165, 1.54) is 19.2 Å². The van der Waals surface area contributed by atoms with E-state index in [0.717, 1.165) is 11.1 Å². The molecule has 1 unspecified atom stereocenters. The van der Waals surface area contributed by atoms with Crippen molar-refractivity contribution in [2.24, 2.45) is 0 Å². The minimum atomic E-state index is -1.07. The Morgan fingerprint density at radius 1 is 1.10 bits per heavy atom. The lowest BCUT2D eigenvalue weighted by atomic mass is 9.98. The molecule has 0 saturated heterocycles. The number of ether oxygens (including phenoxy) is 2. The van der Waals surface area contributed by atoms with Gasteiger partial charge in [-0.1, -0.05) is 24.3 Å². The molecule has 0 saturated carbocycles. The van der Waals surface area contributed by atoms with Crippen LogP contribution in [0.2, 0.25) is 0 Å². The van der Waals surface area contributed by atoms with Crippen molar-refractivity contribution >= 4 is 17.8 Å². The highest BCUT2D eigenvalue weighted by Crippen LogP contribution is 2.30. The molecule has 2 N–H and O–H groups in total. The van der Waals surface area contributed by atoms with E-state index in [1.807, 2.05) is 12.1 Å². The van der Waals surface area contributed by atoms with Gasteiger partial charge in [0.05, 0.1) is 26.6 Å². The van der Waals surface area contributed by atoms with Gasteiger partial charge in [0.2, 0.25) is 5.91 Å². The quantitative estimate of drug-likeness (QED) is 0.529. The number of nitrogens with one attached hydrogen (secondary N) is 1. The van der Waals surface area contributed by atoms with E-state index < -0.39 is 23.9 Å². The highest BCUT2D eigenvalue weighted by Gasteiger charge is 2.19. The number of hydrogen-bond donors (Lipinski definition) is 2. The Morgan fingerprint density at radius 3 is 2.42 bits per heavy atom. The Hall–Kier alpha value is -3.42. The molecule has 0 bridgehead atoms. The Kier molecular flexibility index (Phi) is 8.99. The molecule has 0 fully saturated rings. The number of aliphatic carboxylic acids is 1. The first kappa shape index (κ1) is 23.9. The Labute approximate surface area is 180 Å². The molecular weight excluding hydrogens is 405 g/mol. The number of esters is 1. The van der Waals surface area contributed by atoms with Crippen LogP contribution in [-0.4, -0.2) is 42.7 Å². The van der Waals surface area contributed by atoms with Crippen LogP contribution in [0.15, 0.2) is 42.5 Å². The summed E-state index contributed by atoms with van der Waals surface area (Å²) in [6, 6.07) is 11.0. The van der Waals surface area contributed by atoms with Gasteiger partial charge in [-0.3, -0.25) is 14.4 Å². The molecule has 0 aliphatic rings. The normalized spacial score (nSPS) is 11.5. The van der Waals surface area contributed by atoms with E-state index in [4.69, 9.17) is 14.6 Å². The van der Waals surface area contributed by atoms with Crippen molar-refractivity contribution in [3.8, 4) is 16.9 Å². The molecule has 7 nitrogen and oxygen atoms in total. The first-order chi connectivity index (χ1) is 14.8. The largest absolute Gasteiger partial charge is 0.496 e. The predicted molar refractivity (Wildman–Crippen MR) is 112 cm³/mol. The second-order valence-electron chi connectivity index (χ2n) is 6.91. The fourth-order valence-electron chi connectivity index (χ4n) is 3.13. The summed E-state index contributed by atoms with van der Waals surface area (Å²) < 4.78 is 23.9. The van der Waals surface area contributed by atoms with Crippen molar-refractivity contribution in [3.63, 3.8) is 0 Å². The van der Waals surface area contributed by atoms with Gasteiger partial charge < -0.3 is 19.9 Å². The zero-order chi connectivity index (χ0) is 22.8. The minimum absolute atomic E-state index is 0.0356. The molecule has 31 heavy (non-hydrogen) atoms. The van der Waals surface area contributed by atoms with Gasteiger partial charge in [-0.2, -0.15) is 0 Å². The molecule has 0 heterocycles. The molecular formula is C23H26FNO6. The van der Waals surface area contributed by atoms with E-state index >= 15 is 0 Å². The smallest absolute Gasteiger partial charge is 0.307 e. The molecule has 166 valence electrons. The number of carbonyl (C=O) groups is 3. The second kappa shape index (κ2) is 11.7. The van der Waals surface area contributed by atoms with Crippen LogP contribution < -0.4 is 10.1 Å². The number of carboxylic acid groups (broad SMARTS) is 1. The minimum Gasteiger partial charge on any atom is -0.496 e. The van der Waals surface area contributed by atoms with Crippen LogP contribution in [-0.2, 0) is 25.5 Å². The topological polar surface area (TPSA) is 102 Å². The lowest BCUT2D eigenvalue weighted by molar-refractivity contribution is -0.144. The van der Waals surface area contributed by atoms with Gasteiger partial charge in [-0.25, -0.2) is 4.39 Å². The first-order valence-electron chi connectivity index (χ1n) is 9.92. The Bertz CT molecular complexity index is 913. The first-order valence-corrected chi connectivity index (χ1v) is 9.92. The highest BCUT2D eigenvalue weighted by molar-refractivity contribution is 5.81. The summed E-state index contributed by atoms with van der Waals surface area (Å²) in [4.78, 5) is 34.6. The Balaban J connectivity index is 2.14. The molecule has 2 rings (SSSR count). The average Bonchev–Trinajstić information content (AvgIpc) is 2.73. The summed E-state index contributed by atoms with van der Waals surface area (Å²) in [6.07, 6.45) is -0.153. The third kappa shape index (κ3) is 7.73. The fraction of sp³-hybridized carbons (Fsp3) is 0.348. The van der Waals surface area contributed by atoms with Crippen molar-refractivity contribution in [1.29, 1.82) is 0 Å². The monoisotopic (exact) mass is 431 g/mol. The predicted octanol–water partition coefficient (Wildman–Crippen LogP) is 3.35. The summed E-state index contributed by atoms with van der Waals surface area (Å²) in [5, 5.41) is 11.4. The lowest BCUT2D eigenvalue weighted by Crippen LogP contribution is -2.38. The van der Waals surface area contributed by atoms with E-state index in [0.29, 0.717) is 17.7 Å². The number of rotatable bonds is 11. The second-order valence-corrected chi connectivity index (χ2v) is 6.91. The number of amides is 1. The lowest BCUT2D eigenvalue weighted by Gasteiger charge is -2.18. The molecule has 0 aliphatic carbocycles. The van der Waals surface area contributed by atoms with Gasteiger partial charge in [-0.15, -0.1) is 0 Å². The van der Waals surface area contributed by atoms with E-state index in [9.17, 15) is 18.8 Å². The Morgan fingerprint density at radius 2 is 1.81 bits per heavy atom. The van der Waals surface area contributed by atoms with Crippen LogP contribution in [0.25, 0.3) is 11.1 Å². The third-order valence-electron chi connectivity index (χ3n) is 4.56. The standard InChI is InChI=1S/C23H26FNO6/c1-3-31-23(29)14-18(25-21(26)10-11-22(27)28)12-15-4-6-16(7-5-15)19-13-17(24)8-9-20(19)30-2/h4-9,13,18H,3,10-12,14H2,1-2H3,(H,25,26)(H,27,28). The summed E-state index contributed by atoms with van der Waals surface area (Å²) in [5.41, 5.74) is 2.21. The van der Waals surface area contributed by atoms with Crippen LogP contribution in [0.4, 0.5) is 4.39 Å². The van der Waals surface area contributed by atoms with Gasteiger partial charge in [0, 0.05) is 18.0 Å². The molecule has 0 aliphatic heterocycles. The number of benzene rings is 2.